The second kappa shape index (κ2) is 9.68. The van der Waals surface area contributed by atoms with Crippen LogP contribution in [-0.2, 0) is 6.42 Å². The summed E-state index contributed by atoms with van der Waals surface area (Å²) in [5, 5.41) is 3.27. The molecular formula is C29H36N4O3. The molecule has 2 aliphatic heterocycles. The number of ketones is 1. The third-order valence-electron chi connectivity index (χ3n) is 7.90. The normalized spacial score (nSPS) is 23.1. The molecule has 1 aliphatic carbocycles. The fourth-order valence-electron chi connectivity index (χ4n) is 6.03. The van der Waals surface area contributed by atoms with Crippen molar-refractivity contribution in [2.75, 3.05) is 4.90 Å². The zero-order chi connectivity index (χ0) is 25.6. The van der Waals surface area contributed by atoms with Crippen molar-refractivity contribution in [1.29, 1.82) is 0 Å². The number of fused-ring (bicyclic) bond motifs is 2. The topological polar surface area (TPSA) is 105 Å². The molecule has 2 saturated heterocycles. The van der Waals surface area contributed by atoms with Crippen LogP contribution < -0.4 is 16.0 Å². The number of aryl methyl sites for hydroxylation is 1. The lowest BCUT2D eigenvalue weighted by molar-refractivity contribution is 0.0923. The van der Waals surface area contributed by atoms with Crippen molar-refractivity contribution in [2.45, 2.75) is 83.8 Å². The van der Waals surface area contributed by atoms with Crippen molar-refractivity contribution in [3.8, 4) is 0 Å². The summed E-state index contributed by atoms with van der Waals surface area (Å²) in [5.41, 5.74) is 9.03. The second-order valence-corrected chi connectivity index (χ2v) is 11.3. The summed E-state index contributed by atoms with van der Waals surface area (Å²) in [6.45, 7) is 6.03. The molecule has 2 bridgehead atoms. The van der Waals surface area contributed by atoms with Crippen LogP contribution in [0.15, 0.2) is 30.5 Å². The number of carbonyl (C=O) groups excluding carboxylic acids is 3. The van der Waals surface area contributed by atoms with Crippen molar-refractivity contribution in [3.05, 3.63) is 58.3 Å². The van der Waals surface area contributed by atoms with E-state index < -0.39 is 5.91 Å². The molecule has 1 aromatic heterocycles. The van der Waals surface area contributed by atoms with E-state index in [0.717, 1.165) is 55.5 Å². The Balaban J connectivity index is 1.27. The number of carbonyl (C=O) groups is 3. The number of anilines is 1. The number of benzene rings is 1. The first-order chi connectivity index (χ1) is 17.2. The number of piperidine rings is 1. The van der Waals surface area contributed by atoms with E-state index in [1.807, 2.05) is 25.1 Å². The van der Waals surface area contributed by atoms with Gasteiger partial charge in [0.1, 0.15) is 5.82 Å². The third-order valence-corrected chi connectivity index (χ3v) is 7.90. The lowest BCUT2D eigenvalue weighted by atomic mass is 9.92. The van der Waals surface area contributed by atoms with Crippen LogP contribution in [0.2, 0.25) is 0 Å². The molecule has 2 aromatic rings. The molecular weight excluding hydrogens is 452 g/mol. The number of nitrogens with zero attached hydrogens (tertiary/aromatic N) is 2. The molecule has 7 nitrogen and oxygen atoms in total. The number of nitrogens with one attached hydrogen (secondary N) is 1. The van der Waals surface area contributed by atoms with E-state index in [4.69, 9.17) is 5.73 Å². The Labute approximate surface area is 212 Å². The molecule has 3 fully saturated rings. The Morgan fingerprint density at radius 2 is 1.75 bits per heavy atom. The van der Waals surface area contributed by atoms with Crippen molar-refractivity contribution >= 4 is 23.4 Å². The number of primary amides is 1. The van der Waals surface area contributed by atoms with E-state index in [2.05, 4.69) is 29.0 Å². The first-order valence-corrected chi connectivity index (χ1v) is 13.2. The van der Waals surface area contributed by atoms with Gasteiger partial charge < -0.3 is 16.0 Å². The summed E-state index contributed by atoms with van der Waals surface area (Å²) in [6.07, 6.45) is 8.30. The number of pyridine rings is 1. The van der Waals surface area contributed by atoms with Crippen LogP contribution in [0.4, 0.5) is 5.82 Å². The smallest absolute Gasteiger partial charge is 0.251 e. The van der Waals surface area contributed by atoms with Crippen LogP contribution in [0.1, 0.15) is 94.6 Å². The monoisotopic (exact) mass is 488 g/mol. The van der Waals surface area contributed by atoms with Gasteiger partial charge in [-0.25, -0.2) is 4.98 Å². The molecule has 3 N–H and O–H groups in total. The summed E-state index contributed by atoms with van der Waals surface area (Å²) < 4.78 is 0. The van der Waals surface area contributed by atoms with E-state index in [1.54, 1.807) is 12.3 Å². The number of hydrogen-bond donors (Lipinski definition) is 2. The number of nitrogens with two attached hydrogens (primary N) is 1. The Bertz CT molecular complexity index is 1170. The van der Waals surface area contributed by atoms with Gasteiger partial charge in [-0.3, -0.25) is 14.4 Å². The molecule has 5 rings (SSSR count). The van der Waals surface area contributed by atoms with Crippen LogP contribution in [0.3, 0.4) is 0 Å². The van der Waals surface area contributed by atoms with Gasteiger partial charge in [0.2, 0.25) is 5.91 Å². The van der Waals surface area contributed by atoms with Crippen LogP contribution in [0.5, 0.6) is 0 Å². The van der Waals surface area contributed by atoms with Crippen LogP contribution >= 0.6 is 0 Å². The molecule has 1 unspecified atom stereocenters. The zero-order valence-electron chi connectivity index (χ0n) is 21.4. The maximum atomic E-state index is 13.3. The minimum absolute atomic E-state index is 0.0886. The summed E-state index contributed by atoms with van der Waals surface area (Å²) in [7, 11) is 0. The summed E-state index contributed by atoms with van der Waals surface area (Å²) >= 11 is 0. The van der Waals surface area contributed by atoms with E-state index in [-0.39, 0.29) is 23.7 Å². The van der Waals surface area contributed by atoms with Crippen LogP contribution in [-0.4, -0.2) is 40.7 Å². The highest BCUT2D eigenvalue weighted by atomic mass is 16.2. The predicted octanol–water partition coefficient (Wildman–Crippen LogP) is 4.21. The number of amides is 2. The second-order valence-electron chi connectivity index (χ2n) is 11.3. The van der Waals surface area contributed by atoms with Crippen LogP contribution in [0, 0.1) is 18.8 Å². The molecule has 0 spiro atoms. The van der Waals surface area contributed by atoms with Gasteiger partial charge >= 0.3 is 0 Å². The molecule has 7 heteroatoms. The standard InChI is InChI=1S/C29H36N4O3/c1-16(2)10-20-12-24(17(3)11-25(20)28(30)35)29(36)32-21-13-22-7-8-23(14-21)33(22)26-9-6-19(15-31-26)27(34)18-4-5-18/h6,9,11-12,15-16,18,21-23H,4-5,7-8,10,13-14H2,1-3H3,(H2,30,35)(H,32,36)/t21?,22-,23+. The fourth-order valence-corrected chi connectivity index (χ4v) is 6.03. The number of aromatic nitrogens is 1. The van der Waals surface area contributed by atoms with Crippen LogP contribution in [0.25, 0.3) is 0 Å². The summed E-state index contributed by atoms with van der Waals surface area (Å²) in [6, 6.07) is 8.24. The quantitative estimate of drug-likeness (QED) is 0.542. The lowest BCUT2D eigenvalue weighted by Gasteiger charge is -2.40. The highest BCUT2D eigenvalue weighted by Crippen LogP contribution is 2.39. The zero-order valence-corrected chi connectivity index (χ0v) is 21.4. The van der Waals surface area contributed by atoms with Gasteiger partial charge in [-0.1, -0.05) is 13.8 Å². The maximum Gasteiger partial charge on any atom is 0.251 e. The molecule has 1 saturated carbocycles. The minimum Gasteiger partial charge on any atom is -0.366 e. The van der Waals surface area contributed by atoms with Crippen molar-refractivity contribution in [2.24, 2.45) is 17.6 Å². The van der Waals surface area contributed by atoms with Gasteiger partial charge in [-0.05, 0) is 93.2 Å². The molecule has 1 aromatic carbocycles. The highest BCUT2D eigenvalue weighted by Gasteiger charge is 2.42. The third kappa shape index (κ3) is 4.88. The van der Waals surface area contributed by atoms with Crippen molar-refractivity contribution < 1.29 is 14.4 Å². The minimum atomic E-state index is -0.455. The maximum absolute atomic E-state index is 13.3. The van der Waals surface area contributed by atoms with Gasteiger partial charge in [-0.15, -0.1) is 0 Å². The number of Topliss-reactive ketones (excluding diaryl/α,β-unsaturated/α-hetero) is 1. The molecule has 190 valence electrons. The Morgan fingerprint density at radius 1 is 1.06 bits per heavy atom. The molecule has 3 heterocycles. The van der Waals surface area contributed by atoms with Crippen molar-refractivity contribution in [3.63, 3.8) is 0 Å². The first kappa shape index (κ1) is 24.5. The highest BCUT2D eigenvalue weighted by molar-refractivity contribution is 6.00. The molecule has 0 radical (unpaired) electrons. The van der Waals surface area contributed by atoms with Gasteiger partial charge in [-0.2, -0.15) is 0 Å². The van der Waals surface area contributed by atoms with Gasteiger partial charge in [0.05, 0.1) is 0 Å². The largest absolute Gasteiger partial charge is 0.366 e. The number of hydrogen-bond acceptors (Lipinski definition) is 5. The predicted molar refractivity (Wildman–Crippen MR) is 139 cm³/mol. The first-order valence-electron chi connectivity index (χ1n) is 13.2. The van der Waals surface area contributed by atoms with Crippen molar-refractivity contribution in [1.82, 2.24) is 10.3 Å². The Kier molecular flexibility index (Phi) is 6.58. The van der Waals surface area contributed by atoms with Gasteiger partial charge in [0.15, 0.2) is 5.78 Å². The van der Waals surface area contributed by atoms with E-state index in [1.165, 1.54) is 0 Å². The number of rotatable bonds is 8. The molecule has 2 amide bonds. The lowest BCUT2D eigenvalue weighted by Crippen LogP contribution is -2.50. The summed E-state index contributed by atoms with van der Waals surface area (Å²) in [5.74, 6) is 1.14. The van der Waals surface area contributed by atoms with Gasteiger partial charge in [0, 0.05) is 46.9 Å². The summed E-state index contributed by atoms with van der Waals surface area (Å²) in [4.78, 5) is 44.7. The van der Waals surface area contributed by atoms with E-state index in [9.17, 15) is 14.4 Å². The molecule has 3 aliphatic rings. The SMILES string of the molecule is Cc1cc(C(N)=O)c(CC(C)C)cc1C(=O)NC1C[C@H]2CC[C@@H](C1)N2c1ccc(C(=O)C2CC2)cn1. The van der Waals surface area contributed by atoms with E-state index in [0.29, 0.717) is 41.1 Å². The average Bonchev–Trinajstić information content (AvgIpc) is 3.64. The molecule has 3 atom stereocenters. The van der Waals surface area contributed by atoms with Gasteiger partial charge in [0.25, 0.3) is 5.91 Å². The fraction of sp³-hybridized carbons (Fsp3) is 0.517. The Morgan fingerprint density at radius 3 is 2.31 bits per heavy atom. The molecule has 36 heavy (non-hydrogen) atoms. The Hall–Kier alpha value is -3.22. The average molecular weight is 489 g/mol. The van der Waals surface area contributed by atoms with E-state index >= 15 is 0 Å².